The summed E-state index contributed by atoms with van der Waals surface area (Å²) < 4.78 is 67.0. The van der Waals surface area contributed by atoms with Gasteiger partial charge in [-0.3, -0.25) is 0 Å². The van der Waals surface area contributed by atoms with Crippen molar-refractivity contribution in [3.05, 3.63) is 29.8 Å². The zero-order chi connectivity index (χ0) is 14.8. The van der Waals surface area contributed by atoms with Crippen LogP contribution in [0.5, 0.6) is 5.75 Å². The molecule has 0 radical (unpaired) electrons. The molecule has 0 bridgehead atoms. The van der Waals surface area contributed by atoms with Gasteiger partial charge in [-0.1, -0.05) is 6.07 Å². The van der Waals surface area contributed by atoms with Gasteiger partial charge >= 0.3 is 6.18 Å². The van der Waals surface area contributed by atoms with Crippen LogP contribution in [-0.2, 0) is 16.2 Å². The average Bonchev–Trinajstić information content (AvgIpc) is 2.68. The van der Waals surface area contributed by atoms with Gasteiger partial charge in [-0.2, -0.15) is 17.5 Å². The summed E-state index contributed by atoms with van der Waals surface area (Å²) in [6, 6.07) is 4.52. The summed E-state index contributed by atoms with van der Waals surface area (Å²) in [4.78, 5) is 0. The molecule has 1 saturated heterocycles. The Bertz CT molecular complexity index is 572. The molecule has 2 rings (SSSR count). The molecule has 1 aromatic rings. The van der Waals surface area contributed by atoms with Crippen molar-refractivity contribution in [2.24, 2.45) is 0 Å². The third-order valence-corrected chi connectivity index (χ3v) is 4.93. The largest absolute Gasteiger partial charge is 0.492 e. The van der Waals surface area contributed by atoms with Crippen molar-refractivity contribution < 1.29 is 26.3 Å². The van der Waals surface area contributed by atoms with Crippen molar-refractivity contribution in [2.45, 2.75) is 12.6 Å². The monoisotopic (exact) mass is 309 g/mol. The number of hydrogen-bond acceptors (Lipinski definition) is 3. The Morgan fingerprint density at radius 2 is 2.05 bits per heavy atom. The van der Waals surface area contributed by atoms with E-state index in [1.54, 1.807) is 0 Å². The second kappa shape index (κ2) is 5.61. The van der Waals surface area contributed by atoms with Crippen LogP contribution in [0.25, 0.3) is 0 Å². The molecule has 4 nitrogen and oxygen atoms in total. The fourth-order valence-corrected chi connectivity index (χ4v) is 3.48. The van der Waals surface area contributed by atoms with Gasteiger partial charge in [-0.05, 0) is 24.6 Å². The van der Waals surface area contributed by atoms with Gasteiger partial charge in [0.1, 0.15) is 12.4 Å². The Morgan fingerprint density at radius 1 is 1.30 bits per heavy atom. The molecule has 112 valence electrons. The lowest BCUT2D eigenvalue weighted by molar-refractivity contribution is -0.137. The fourth-order valence-electron chi connectivity index (χ4n) is 1.97. The molecule has 1 aromatic carbocycles. The summed E-state index contributed by atoms with van der Waals surface area (Å²) in [6.07, 6.45) is -3.84. The lowest BCUT2D eigenvalue weighted by Gasteiger charge is -2.15. The topological polar surface area (TPSA) is 46.6 Å². The molecule has 1 aliphatic heterocycles. The van der Waals surface area contributed by atoms with Gasteiger partial charge in [-0.15, -0.1) is 0 Å². The SMILES string of the molecule is O=S1(=O)CCCN1CCOc1cccc(C(F)(F)F)c1. The molecule has 0 spiro atoms. The van der Waals surface area contributed by atoms with Crippen LogP contribution in [0.4, 0.5) is 13.2 Å². The highest BCUT2D eigenvalue weighted by molar-refractivity contribution is 7.89. The zero-order valence-electron chi connectivity index (χ0n) is 10.6. The Labute approximate surface area is 115 Å². The molecular weight excluding hydrogens is 295 g/mol. The van der Waals surface area contributed by atoms with Gasteiger partial charge in [-0.25, -0.2) is 8.42 Å². The molecule has 0 saturated carbocycles. The Hall–Kier alpha value is -1.28. The number of benzene rings is 1. The number of alkyl halides is 3. The molecule has 0 unspecified atom stereocenters. The molecule has 0 aliphatic carbocycles. The molecule has 1 aliphatic rings. The number of sulfonamides is 1. The lowest BCUT2D eigenvalue weighted by atomic mass is 10.2. The highest BCUT2D eigenvalue weighted by atomic mass is 32.2. The predicted molar refractivity (Wildman–Crippen MR) is 66.9 cm³/mol. The first-order chi connectivity index (χ1) is 9.29. The molecule has 0 aromatic heterocycles. The maximum absolute atomic E-state index is 12.5. The van der Waals surface area contributed by atoms with E-state index in [1.807, 2.05) is 0 Å². The van der Waals surface area contributed by atoms with Crippen LogP contribution in [0, 0.1) is 0 Å². The minimum Gasteiger partial charge on any atom is -0.492 e. The van der Waals surface area contributed by atoms with E-state index >= 15 is 0 Å². The Morgan fingerprint density at radius 3 is 2.65 bits per heavy atom. The highest BCUT2D eigenvalue weighted by Gasteiger charge is 2.31. The van der Waals surface area contributed by atoms with Crippen LogP contribution >= 0.6 is 0 Å². The van der Waals surface area contributed by atoms with Gasteiger partial charge < -0.3 is 4.74 Å². The van der Waals surface area contributed by atoms with Crippen LogP contribution < -0.4 is 4.74 Å². The van der Waals surface area contributed by atoms with Crippen LogP contribution in [0.2, 0.25) is 0 Å². The molecule has 20 heavy (non-hydrogen) atoms. The normalized spacial score (nSPS) is 19.1. The first-order valence-electron chi connectivity index (χ1n) is 6.07. The summed E-state index contributed by atoms with van der Waals surface area (Å²) >= 11 is 0. The van der Waals surface area contributed by atoms with Crippen molar-refractivity contribution in [3.8, 4) is 5.75 Å². The van der Waals surface area contributed by atoms with Crippen LogP contribution in [0.15, 0.2) is 24.3 Å². The molecule has 1 fully saturated rings. The second-order valence-corrected chi connectivity index (χ2v) is 6.53. The summed E-state index contributed by atoms with van der Waals surface area (Å²) in [5.41, 5.74) is -0.788. The lowest BCUT2D eigenvalue weighted by Crippen LogP contribution is -2.30. The maximum atomic E-state index is 12.5. The van der Waals surface area contributed by atoms with Crippen molar-refractivity contribution in [1.82, 2.24) is 4.31 Å². The van der Waals surface area contributed by atoms with Crippen LogP contribution in [-0.4, -0.2) is 38.2 Å². The van der Waals surface area contributed by atoms with Gasteiger partial charge in [0.05, 0.1) is 11.3 Å². The molecule has 0 N–H and O–H groups in total. The number of hydrogen-bond donors (Lipinski definition) is 0. The van der Waals surface area contributed by atoms with E-state index in [1.165, 1.54) is 16.4 Å². The number of halogens is 3. The van der Waals surface area contributed by atoms with Crippen molar-refractivity contribution in [2.75, 3.05) is 25.4 Å². The summed E-state index contributed by atoms with van der Waals surface area (Å²) in [5.74, 6) is 0.202. The van der Waals surface area contributed by atoms with E-state index in [2.05, 4.69) is 0 Å². The summed E-state index contributed by atoms with van der Waals surface area (Å²) in [6.45, 7) is 0.618. The summed E-state index contributed by atoms with van der Waals surface area (Å²) in [7, 11) is -3.20. The molecular formula is C12H14F3NO3S. The minimum absolute atomic E-state index is 0.0283. The highest BCUT2D eigenvalue weighted by Crippen LogP contribution is 2.31. The van der Waals surface area contributed by atoms with Gasteiger partial charge in [0.2, 0.25) is 10.0 Å². The standard InChI is InChI=1S/C12H14F3NO3S/c13-12(14,15)10-3-1-4-11(9-10)19-7-6-16-5-2-8-20(16,17)18/h1,3-4,9H,2,5-8H2. The van der Waals surface area contributed by atoms with Crippen molar-refractivity contribution >= 4 is 10.0 Å². The second-order valence-electron chi connectivity index (χ2n) is 4.44. The van der Waals surface area contributed by atoms with E-state index in [-0.39, 0.29) is 24.7 Å². The van der Waals surface area contributed by atoms with Crippen molar-refractivity contribution in [3.63, 3.8) is 0 Å². The first kappa shape index (κ1) is 15.1. The molecule has 1 heterocycles. The average molecular weight is 309 g/mol. The van der Waals surface area contributed by atoms with E-state index in [4.69, 9.17) is 4.74 Å². The zero-order valence-corrected chi connectivity index (χ0v) is 11.4. The maximum Gasteiger partial charge on any atom is 0.416 e. The van der Waals surface area contributed by atoms with Gasteiger partial charge in [0.15, 0.2) is 0 Å². The number of rotatable bonds is 4. The molecule has 8 heteroatoms. The van der Waals surface area contributed by atoms with Crippen LogP contribution in [0.1, 0.15) is 12.0 Å². The van der Waals surface area contributed by atoms with E-state index < -0.39 is 21.8 Å². The molecule has 0 amide bonds. The Balaban J connectivity index is 1.92. The first-order valence-corrected chi connectivity index (χ1v) is 7.68. The predicted octanol–water partition coefficient (Wildman–Crippen LogP) is 2.12. The van der Waals surface area contributed by atoms with E-state index in [0.29, 0.717) is 13.0 Å². The third-order valence-electron chi connectivity index (χ3n) is 2.97. The minimum atomic E-state index is -4.42. The quantitative estimate of drug-likeness (QED) is 0.856. The van der Waals surface area contributed by atoms with Gasteiger partial charge in [0, 0.05) is 13.1 Å². The molecule has 0 atom stereocenters. The Kier molecular flexibility index (Phi) is 4.24. The van der Waals surface area contributed by atoms with E-state index in [9.17, 15) is 21.6 Å². The van der Waals surface area contributed by atoms with Crippen molar-refractivity contribution in [1.29, 1.82) is 0 Å². The summed E-state index contributed by atoms with van der Waals surface area (Å²) in [5, 5.41) is 0. The van der Waals surface area contributed by atoms with Crippen LogP contribution in [0.3, 0.4) is 0 Å². The van der Waals surface area contributed by atoms with E-state index in [0.717, 1.165) is 12.1 Å². The fraction of sp³-hybridized carbons (Fsp3) is 0.500. The number of ether oxygens (including phenoxy) is 1. The third kappa shape index (κ3) is 3.63. The number of nitrogens with zero attached hydrogens (tertiary/aromatic N) is 1. The van der Waals surface area contributed by atoms with Gasteiger partial charge in [0.25, 0.3) is 0 Å². The smallest absolute Gasteiger partial charge is 0.416 e.